The Hall–Kier alpha value is -1.71. The van der Waals surface area contributed by atoms with E-state index in [2.05, 4.69) is 0 Å². The van der Waals surface area contributed by atoms with E-state index in [4.69, 9.17) is 4.74 Å². The normalized spacial score (nSPS) is 24.0. The van der Waals surface area contributed by atoms with Crippen molar-refractivity contribution in [3.63, 3.8) is 0 Å². The first-order valence-corrected chi connectivity index (χ1v) is 9.82. The molecule has 9 heteroatoms. The van der Waals surface area contributed by atoms with Crippen molar-refractivity contribution in [2.24, 2.45) is 0 Å². The Morgan fingerprint density at radius 1 is 1.07 bits per heavy atom. The number of ether oxygens (including phenoxy) is 1. The zero-order chi connectivity index (χ0) is 21.1. The fourth-order valence-corrected chi connectivity index (χ4v) is 3.67. The summed E-state index contributed by atoms with van der Waals surface area (Å²) in [6, 6.07) is -0.227. The summed E-state index contributed by atoms with van der Waals surface area (Å²) in [5, 5.41) is 10.4. The smallest absolute Gasteiger partial charge is 0.320 e. The molecule has 160 valence electrons. The van der Waals surface area contributed by atoms with Crippen molar-refractivity contribution >= 4 is 17.8 Å². The standard InChI is InChI=1S/C19H34N4O5/c1-14(24)22-6-8-23(9-7-22)17(26)12-21-10-15(16(25)11-21)20(5)13-18(27)28-19(2,3)4/h15-16,25H,6-13H2,1-5H3/t15-,16+/m0/s1. The van der Waals surface area contributed by atoms with Crippen LogP contribution in [-0.4, -0.2) is 120 Å². The second-order valence-electron chi connectivity index (χ2n) is 8.72. The summed E-state index contributed by atoms with van der Waals surface area (Å²) in [7, 11) is 1.78. The molecule has 2 amide bonds. The molecule has 0 bridgehead atoms. The third kappa shape index (κ3) is 6.42. The van der Waals surface area contributed by atoms with Gasteiger partial charge in [0.1, 0.15) is 5.60 Å². The molecule has 2 aliphatic heterocycles. The maximum atomic E-state index is 12.6. The lowest BCUT2D eigenvalue weighted by Crippen LogP contribution is -2.52. The molecule has 2 saturated heterocycles. The highest BCUT2D eigenvalue weighted by atomic mass is 16.6. The van der Waals surface area contributed by atoms with Crippen molar-refractivity contribution in [2.45, 2.75) is 45.4 Å². The van der Waals surface area contributed by atoms with Gasteiger partial charge in [0.2, 0.25) is 11.8 Å². The second-order valence-corrected chi connectivity index (χ2v) is 8.72. The van der Waals surface area contributed by atoms with Gasteiger partial charge in [-0.15, -0.1) is 0 Å². The Kier molecular flexibility index (Phi) is 7.41. The first-order valence-electron chi connectivity index (χ1n) is 9.82. The Morgan fingerprint density at radius 3 is 2.18 bits per heavy atom. The Balaban J connectivity index is 1.80. The van der Waals surface area contributed by atoms with Crippen LogP contribution in [0.25, 0.3) is 0 Å². The van der Waals surface area contributed by atoms with Gasteiger partial charge in [0, 0.05) is 52.2 Å². The molecule has 0 saturated carbocycles. The fourth-order valence-electron chi connectivity index (χ4n) is 3.67. The zero-order valence-electron chi connectivity index (χ0n) is 17.7. The molecule has 2 aliphatic rings. The summed E-state index contributed by atoms with van der Waals surface area (Å²) in [6.07, 6.45) is -0.630. The van der Waals surface area contributed by atoms with Gasteiger partial charge in [-0.05, 0) is 27.8 Å². The van der Waals surface area contributed by atoms with Crippen molar-refractivity contribution < 1.29 is 24.2 Å². The second kappa shape index (κ2) is 9.19. The van der Waals surface area contributed by atoms with E-state index in [0.717, 1.165) is 0 Å². The van der Waals surface area contributed by atoms with Gasteiger partial charge in [-0.2, -0.15) is 0 Å². The van der Waals surface area contributed by atoms with Crippen LogP contribution in [0.1, 0.15) is 27.7 Å². The van der Waals surface area contributed by atoms with E-state index in [1.807, 2.05) is 25.7 Å². The number of aliphatic hydroxyl groups is 1. The van der Waals surface area contributed by atoms with Gasteiger partial charge in [0.15, 0.2) is 0 Å². The van der Waals surface area contributed by atoms with Crippen LogP contribution in [0.4, 0.5) is 0 Å². The highest BCUT2D eigenvalue weighted by molar-refractivity contribution is 5.79. The summed E-state index contributed by atoms with van der Waals surface area (Å²) in [5.74, 6) is -0.295. The molecule has 0 aromatic heterocycles. The monoisotopic (exact) mass is 398 g/mol. The van der Waals surface area contributed by atoms with Crippen molar-refractivity contribution in [2.75, 3.05) is 59.4 Å². The molecule has 0 aromatic rings. The number of hydrogen-bond donors (Lipinski definition) is 1. The molecule has 0 spiro atoms. The number of amides is 2. The summed E-state index contributed by atoms with van der Waals surface area (Å²) in [5.41, 5.74) is -0.545. The van der Waals surface area contributed by atoms with Crippen LogP contribution in [0.2, 0.25) is 0 Å². The van der Waals surface area contributed by atoms with Gasteiger partial charge in [0.25, 0.3) is 0 Å². The van der Waals surface area contributed by atoms with Crippen LogP contribution < -0.4 is 0 Å². The molecule has 28 heavy (non-hydrogen) atoms. The topological polar surface area (TPSA) is 93.6 Å². The average Bonchev–Trinajstić information content (AvgIpc) is 2.93. The molecule has 2 fully saturated rings. The zero-order valence-corrected chi connectivity index (χ0v) is 17.7. The summed E-state index contributed by atoms with van der Waals surface area (Å²) < 4.78 is 5.33. The third-order valence-electron chi connectivity index (χ3n) is 5.14. The molecule has 2 rings (SSSR count). The quantitative estimate of drug-likeness (QED) is 0.594. The predicted molar refractivity (Wildman–Crippen MR) is 104 cm³/mol. The van der Waals surface area contributed by atoms with E-state index >= 15 is 0 Å². The molecule has 9 nitrogen and oxygen atoms in total. The number of carbonyl (C=O) groups is 3. The van der Waals surface area contributed by atoms with Crippen molar-refractivity contribution in [3.05, 3.63) is 0 Å². The van der Waals surface area contributed by atoms with E-state index in [1.54, 1.807) is 21.7 Å². The minimum atomic E-state index is -0.630. The number of nitrogens with zero attached hydrogens (tertiary/aromatic N) is 4. The number of rotatable bonds is 5. The first kappa shape index (κ1) is 22.6. The minimum Gasteiger partial charge on any atom is -0.459 e. The highest BCUT2D eigenvalue weighted by Gasteiger charge is 2.36. The van der Waals surface area contributed by atoms with Gasteiger partial charge in [-0.3, -0.25) is 24.2 Å². The SMILES string of the molecule is CC(=O)N1CCN(C(=O)CN2C[C@@H](O)[C@@H](N(C)CC(=O)OC(C)(C)C)C2)CC1. The number of esters is 1. The van der Waals surface area contributed by atoms with Gasteiger partial charge < -0.3 is 19.6 Å². The molecule has 2 atom stereocenters. The lowest BCUT2D eigenvalue weighted by atomic mass is 10.2. The number of likely N-dealkylation sites (N-methyl/N-ethyl adjacent to an activating group) is 1. The lowest BCUT2D eigenvalue weighted by molar-refractivity contribution is -0.156. The molecule has 1 N–H and O–H groups in total. The largest absolute Gasteiger partial charge is 0.459 e. The minimum absolute atomic E-state index is 0.00541. The van der Waals surface area contributed by atoms with E-state index in [1.165, 1.54) is 6.92 Å². The maximum absolute atomic E-state index is 12.6. The Morgan fingerprint density at radius 2 is 1.64 bits per heavy atom. The molecule has 0 radical (unpaired) electrons. The Bertz CT molecular complexity index is 583. The van der Waals surface area contributed by atoms with Crippen LogP contribution in [0.15, 0.2) is 0 Å². The summed E-state index contributed by atoms with van der Waals surface area (Å²) >= 11 is 0. The van der Waals surface area contributed by atoms with E-state index < -0.39 is 11.7 Å². The van der Waals surface area contributed by atoms with Crippen molar-refractivity contribution in [3.8, 4) is 0 Å². The van der Waals surface area contributed by atoms with E-state index in [-0.39, 0.29) is 36.9 Å². The number of hydrogen-bond acceptors (Lipinski definition) is 7. The van der Waals surface area contributed by atoms with Gasteiger partial charge in [0.05, 0.1) is 19.2 Å². The Labute approximate surface area is 167 Å². The summed E-state index contributed by atoms with van der Waals surface area (Å²) in [4.78, 5) is 43.2. The van der Waals surface area contributed by atoms with E-state index in [0.29, 0.717) is 39.3 Å². The number of piperazine rings is 1. The van der Waals surface area contributed by atoms with Crippen molar-refractivity contribution in [1.82, 2.24) is 19.6 Å². The van der Waals surface area contributed by atoms with Crippen LogP contribution in [0, 0.1) is 0 Å². The molecule has 0 aliphatic carbocycles. The number of aliphatic hydroxyl groups excluding tert-OH is 1. The molecule has 2 heterocycles. The van der Waals surface area contributed by atoms with Gasteiger partial charge in [-0.1, -0.05) is 0 Å². The number of β-amino-alcohol motifs (C(OH)–C–C–N with tert-alkyl or cyclic N) is 1. The van der Waals surface area contributed by atoms with Crippen LogP contribution in [0.3, 0.4) is 0 Å². The van der Waals surface area contributed by atoms with Crippen molar-refractivity contribution in [1.29, 1.82) is 0 Å². The third-order valence-corrected chi connectivity index (χ3v) is 5.14. The fraction of sp³-hybridized carbons (Fsp3) is 0.842. The molecular formula is C19H34N4O5. The van der Waals surface area contributed by atoms with E-state index in [9.17, 15) is 19.5 Å². The van der Waals surface area contributed by atoms with Crippen LogP contribution in [0.5, 0.6) is 0 Å². The average molecular weight is 399 g/mol. The molecular weight excluding hydrogens is 364 g/mol. The van der Waals surface area contributed by atoms with Crippen LogP contribution >= 0.6 is 0 Å². The van der Waals surface area contributed by atoms with Gasteiger partial charge in [-0.25, -0.2) is 0 Å². The first-order chi connectivity index (χ1) is 13.0. The number of carbonyl (C=O) groups excluding carboxylic acids is 3. The maximum Gasteiger partial charge on any atom is 0.320 e. The number of likely N-dealkylation sites (tertiary alicyclic amines) is 1. The molecule has 0 aromatic carbocycles. The lowest BCUT2D eigenvalue weighted by Gasteiger charge is -2.35. The van der Waals surface area contributed by atoms with Gasteiger partial charge >= 0.3 is 5.97 Å². The van der Waals surface area contributed by atoms with Crippen LogP contribution in [-0.2, 0) is 19.1 Å². The highest BCUT2D eigenvalue weighted by Crippen LogP contribution is 2.17. The molecule has 0 unspecified atom stereocenters. The predicted octanol–water partition coefficient (Wildman–Crippen LogP) is -1.00. The summed E-state index contributed by atoms with van der Waals surface area (Å²) in [6.45, 7) is 10.4.